The number of nitrogens with zero attached hydrogens (tertiary/aromatic N) is 1. The molecule has 2 atom stereocenters. The van der Waals surface area contributed by atoms with Gasteiger partial charge in [0.05, 0.1) is 6.04 Å². The van der Waals surface area contributed by atoms with Crippen LogP contribution in [0.15, 0.2) is 66.7 Å². The molecule has 0 aliphatic carbocycles. The topological polar surface area (TPSA) is 78.5 Å². The molecule has 1 aliphatic heterocycles. The second-order valence-electron chi connectivity index (χ2n) is 7.85. The Hall–Kier alpha value is -3.74. The van der Waals surface area contributed by atoms with E-state index in [1.165, 1.54) is 31.2 Å². The molecule has 0 spiro atoms. The number of benzene rings is 3. The SMILES string of the molecule is C[C@@H](NC(=O)CN1C(=O)N[C@](C)(c2ccc(F)cc2)C1=O)c1ccc2ccccc2c1. The fourth-order valence-corrected chi connectivity index (χ4v) is 3.81. The van der Waals surface area contributed by atoms with E-state index in [1.807, 2.05) is 49.4 Å². The van der Waals surface area contributed by atoms with Crippen LogP contribution in [-0.4, -0.2) is 29.3 Å². The van der Waals surface area contributed by atoms with Gasteiger partial charge in [0.2, 0.25) is 5.91 Å². The lowest BCUT2D eigenvalue weighted by Gasteiger charge is -2.22. The largest absolute Gasteiger partial charge is 0.348 e. The number of hydrogen-bond donors (Lipinski definition) is 2. The van der Waals surface area contributed by atoms with Crippen LogP contribution in [0.25, 0.3) is 10.8 Å². The molecule has 3 aromatic rings. The summed E-state index contributed by atoms with van der Waals surface area (Å²) in [6.45, 7) is 2.98. The summed E-state index contributed by atoms with van der Waals surface area (Å²) in [5.74, 6) is -1.45. The fourth-order valence-electron chi connectivity index (χ4n) is 3.81. The van der Waals surface area contributed by atoms with E-state index < -0.39 is 35.7 Å². The van der Waals surface area contributed by atoms with Gasteiger partial charge in [0.25, 0.3) is 5.91 Å². The molecule has 4 rings (SSSR count). The summed E-state index contributed by atoms with van der Waals surface area (Å²) in [6.07, 6.45) is 0. The molecule has 2 N–H and O–H groups in total. The average Bonchev–Trinajstić information content (AvgIpc) is 2.97. The van der Waals surface area contributed by atoms with E-state index in [2.05, 4.69) is 10.6 Å². The molecule has 1 saturated heterocycles. The molecule has 31 heavy (non-hydrogen) atoms. The maximum Gasteiger partial charge on any atom is 0.325 e. The maximum absolute atomic E-state index is 13.2. The van der Waals surface area contributed by atoms with Crippen molar-refractivity contribution in [1.82, 2.24) is 15.5 Å². The highest BCUT2D eigenvalue weighted by molar-refractivity contribution is 6.09. The van der Waals surface area contributed by atoms with Gasteiger partial charge in [-0.25, -0.2) is 9.18 Å². The Morgan fingerprint density at radius 1 is 1.06 bits per heavy atom. The third-order valence-corrected chi connectivity index (χ3v) is 5.65. The molecule has 0 bridgehead atoms. The smallest absolute Gasteiger partial charge is 0.325 e. The summed E-state index contributed by atoms with van der Waals surface area (Å²) in [5.41, 5.74) is 0.00904. The lowest BCUT2D eigenvalue weighted by Crippen LogP contribution is -2.43. The Kier molecular flexibility index (Phi) is 5.19. The van der Waals surface area contributed by atoms with Gasteiger partial charge < -0.3 is 10.6 Å². The average molecular weight is 419 g/mol. The van der Waals surface area contributed by atoms with Gasteiger partial charge in [0, 0.05) is 0 Å². The summed E-state index contributed by atoms with van der Waals surface area (Å²) >= 11 is 0. The highest BCUT2D eigenvalue weighted by Crippen LogP contribution is 2.29. The number of urea groups is 1. The third-order valence-electron chi connectivity index (χ3n) is 5.65. The standard InChI is InChI=1S/C24H22FN3O3/c1-15(17-8-7-16-5-3-4-6-18(16)13-17)26-21(29)14-28-22(30)24(2,27-23(28)31)19-9-11-20(25)12-10-19/h3-13,15H,14H2,1-2H3,(H,26,29)(H,27,31)/t15-,24-/m1/s1. The molecule has 0 aromatic heterocycles. The molecular weight excluding hydrogens is 397 g/mol. The fraction of sp³-hybridized carbons (Fsp3) is 0.208. The molecule has 1 fully saturated rings. The van der Waals surface area contributed by atoms with Crippen LogP contribution >= 0.6 is 0 Å². The zero-order valence-corrected chi connectivity index (χ0v) is 17.2. The van der Waals surface area contributed by atoms with Crippen molar-refractivity contribution in [3.63, 3.8) is 0 Å². The second-order valence-corrected chi connectivity index (χ2v) is 7.85. The number of carbonyl (C=O) groups is 3. The Bertz CT molecular complexity index is 1180. The van der Waals surface area contributed by atoms with Gasteiger partial charge in [-0.15, -0.1) is 0 Å². The van der Waals surface area contributed by atoms with Gasteiger partial charge >= 0.3 is 6.03 Å². The minimum Gasteiger partial charge on any atom is -0.348 e. The van der Waals surface area contributed by atoms with Crippen molar-refractivity contribution in [2.75, 3.05) is 6.54 Å². The second kappa shape index (κ2) is 7.83. The summed E-state index contributed by atoms with van der Waals surface area (Å²) < 4.78 is 13.2. The minimum atomic E-state index is -1.35. The number of fused-ring (bicyclic) bond motifs is 1. The van der Waals surface area contributed by atoms with Crippen molar-refractivity contribution in [1.29, 1.82) is 0 Å². The molecule has 6 nitrogen and oxygen atoms in total. The van der Waals surface area contributed by atoms with Gasteiger partial charge in [0.15, 0.2) is 0 Å². The lowest BCUT2D eigenvalue weighted by atomic mass is 9.92. The Balaban J connectivity index is 1.45. The summed E-state index contributed by atoms with van der Waals surface area (Å²) in [5, 5.41) is 7.61. The maximum atomic E-state index is 13.2. The quantitative estimate of drug-likeness (QED) is 0.620. The number of hydrogen-bond acceptors (Lipinski definition) is 3. The molecular formula is C24H22FN3O3. The van der Waals surface area contributed by atoms with Crippen molar-refractivity contribution >= 4 is 28.6 Å². The lowest BCUT2D eigenvalue weighted by molar-refractivity contribution is -0.135. The minimum absolute atomic E-state index is 0.304. The predicted octanol–water partition coefficient (Wildman–Crippen LogP) is 3.62. The van der Waals surface area contributed by atoms with E-state index in [0.717, 1.165) is 21.2 Å². The first kappa shape index (κ1) is 20.5. The van der Waals surface area contributed by atoms with Crippen LogP contribution in [0.4, 0.5) is 9.18 Å². The molecule has 4 amide bonds. The first-order chi connectivity index (χ1) is 14.8. The number of halogens is 1. The molecule has 158 valence electrons. The van der Waals surface area contributed by atoms with E-state index in [9.17, 15) is 18.8 Å². The molecule has 0 radical (unpaired) electrons. The molecule has 1 aliphatic rings. The highest BCUT2D eigenvalue weighted by atomic mass is 19.1. The highest BCUT2D eigenvalue weighted by Gasteiger charge is 2.49. The van der Waals surface area contributed by atoms with Crippen LogP contribution in [0.1, 0.15) is 31.0 Å². The Labute approximate surface area is 179 Å². The first-order valence-corrected chi connectivity index (χ1v) is 9.96. The summed E-state index contributed by atoms with van der Waals surface area (Å²) in [4.78, 5) is 38.8. The molecule has 3 aromatic carbocycles. The van der Waals surface area contributed by atoms with Crippen LogP contribution in [0.5, 0.6) is 0 Å². The van der Waals surface area contributed by atoms with E-state index >= 15 is 0 Å². The van der Waals surface area contributed by atoms with Crippen LogP contribution < -0.4 is 10.6 Å². The third kappa shape index (κ3) is 3.86. The van der Waals surface area contributed by atoms with E-state index in [1.54, 1.807) is 0 Å². The van der Waals surface area contributed by atoms with Crippen molar-refractivity contribution < 1.29 is 18.8 Å². The zero-order chi connectivity index (χ0) is 22.2. The molecule has 0 saturated carbocycles. The van der Waals surface area contributed by atoms with E-state index in [4.69, 9.17) is 0 Å². The van der Waals surface area contributed by atoms with Crippen molar-refractivity contribution in [3.8, 4) is 0 Å². The Morgan fingerprint density at radius 3 is 2.45 bits per heavy atom. The first-order valence-electron chi connectivity index (χ1n) is 9.96. The summed E-state index contributed by atoms with van der Waals surface area (Å²) in [7, 11) is 0. The van der Waals surface area contributed by atoms with E-state index in [-0.39, 0.29) is 6.04 Å². The monoisotopic (exact) mass is 419 g/mol. The van der Waals surface area contributed by atoms with Crippen molar-refractivity contribution in [2.45, 2.75) is 25.4 Å². The van der Waals surface area contributed by atoms with Crippen LogP contribution in [-0.2, 0) is 15.1 Å². The predicted molar refractivity (Wildman–Crippen MR) is 115 cm³/mol. The number of carbonyl (C=O) groups excluding carboxylic acids is 3. The normalized spacial score (nSPS) is 19.4. The Morgan fingerprint density at radius 2 is 1.74 bits per heavy atom. The zero-order valence-electron chi connectivity index (χ0n) is 17.2. The van der Waals surface area contributed by atoms with Gasteiger partial charge in [-0.3, -0.25) is 14.5 Å². The molecule has 0 unspecified atom stereocenters. The van der Waals surface area contributed by atoms with Gasteiger partial charge in [-0.05, 0) is 53.9 Å². The van der Waals surface area contributed by atoms with Gasteiger partial charge in [0.1, 0.15) is 17.9 Å². The van der Waals surface area contributed by atoms with Crippen LogP contribution in [0.2, 0.25) is 0 Å². The van der Waals surface area contributed by atoms with Gasteiger partial charge in [-0.2, -0.15) is 0 Å². The van der Waals surface area contributed by atoms with Crippen LogP contribution in [0, 0.1) is 5.82 Å². The molecule has 7 heteroatoms. The number of amides is 4. The van der Waals surface area contributed by atoms with Crippen molar-refractivity contribution in [2.24, 2.45) is 0 Å². The van der Waals surface area contributed by atoms with E-state index in [0.29, 0.717) is 5.56 Å². The summed E-state index contributed by atoms with van der Waals surface area (Å²) in [6, 6.07) is 18.2. The number of nitrogens with one attached hydrogen (secondary N) is 2. The number of rotatable bonds is 5. The number of imide groups is 1. The van der Waals surface area contributed by atoms with Crippen LogP contribution in [0.3, 0.4) is 0 Å². The molecule has 1 heterocycles. The van der Waals surface area contributed by atoms with Crippen molar-refractivity contribution in [3.05, 3.63) is 83.7 Å². The van der Waals surface area contributed by atoms with Gasteiger partial charge in [-0.1, -0.05) is 48.5 Å².